The highest BCUT2D eigenvalue weighted by Crippen LogP contribution is 2.23. The lowest BCUT2D eigenvalue weighted by molar-refractivity contribution is 0.409. The maximum absolute atomic E-state index is 14.0. The maximum atomic E-state index is 14.0. The number of benzene rings is 1. The predicted molar refractivity (Wildman–Crippen MR) is 81.9 cm³/mol. The highest BCUT2D eigenvalue weighted by molar-refractivity contribution is 7.11. The topological polar surface area (TPSA) is 21.3 Å². The molecule has 0 aliphatic rings. The van der Waals surface area contributed by atoms with E-state index < -0.39 is 0 Å². The molecule has 0 amide bonds. The molecule has 1 atom stereocenters. The van der Waals surface area contributed by atoms with Crippen LogP contribution in [-0.2, 0) is 13.0 Å². The first-order valence-corrected chi connectivity index (χ1v) is 7.60. The fourth-order valence-corrected chi connectivity index (χ4v) is 2.97. The number of thiophene rings is 1. The molecule has 0 fully saturated rings. The Bertz CT molecular complexity index is 567. The van der Waals surface area contributed by atoms with Crippen LogP contribution >= 0.6 is 11.3 Å². The van der Waals surface area contributed by atoms with Gasteiger partial charge in [-0.05, 0) is 31.5 Å². The number of halogens is 1. The molecule has 20 heavy (non-hydrogen) atoms. The number of nitrogens with one attached hydrogen (secondary N) is 1. The zero-order chi connectivity index (χ0) is 14.5. The number of methoxy groups -OCH3 is 1. The van der Waals surface area contributed by atoms with Gasteiger partial charge in [-0.3, -0.25) is 0 Å². The number of hydrogen-bond donors (Lipinski definition) is 1. The van der Waals surface area contributed by atoms with Crippen molar-refractivity contribution in [3.8, 4) is 5.75 Å². The molecule has 1 unspecified atom stereocenters. The summed E-state index contributed by atoms with van der Waals surface area (Å²) in [7, 11) is 1.54. The SMILES string of the molecule is CCc1ccc(CNC(C)c2ccc(OC)cc2F)s1. The van der Waals surface area contributed by atoms with Gasteiger partial charge in [-0.1, -0.05) is 13.0 Å². The molecule has 2 nitrogen and oxygen atoms in total. The molecule has 2 rings (SSSR count). The van der Waals surface area contributed by atoms with Gasteiger partial charge in [-0.2, -0.15) is 0 Å². The summed E-state index contributed by atoms with van der Waals surface area (Å²) in [6.45, 7) is 4.88. The fraction of sp³-hybridized carbons (Fsp3) is 0.375. The third-order valence-corrected chi connectivity index (χ3v) is 4.55. The molecule has 108 valence electrons. The van der Waals surface area contributed by atoms with E-state index in [9.17, 15) is 4.39 Å². The molecule has 0 spiro atoms. The Kier molecular flexibility index (Phi) is 5.15. The number of ether oxygens (including phenoxy) is 1. The van der Waals surface area contributed by atoms with Crippen LogP contribution in [0.4, 0.5) is 4.39 Å². The summed E-state index contributed by atoms with van der Waals surface area (Å²) in [5.41, 5.74) is 0.665. The van der Waals surface area contributed by atoms with Gasteiger partial charge in [-0.25, -0.2) is 4.39 Å². The first kappa shape index (κ1) is 15.0. The third kappa shape index (κ3) is 3.58. The summed E-state index contributed by atoms with van der Waals surface area (Å²) < 4.78 is 19.0. The molecule has 0 bridgehead atoms. The van der Waals surface area contributed by atoms with E-state index in [1.54, 1.807) is 23.5 Å². The van der Waals surface area contributed by atoms with Gasteiger partial charge in [-0.15, -0.1) is 11.3 Å². The summed E-state index contributed by atoms with van der Waals surface area (Å²) >= 11 is 1.80. The lowest BCUT2D eigenvalue weighted by Gasteiger charge is -2.15. The van der Waals surface area contributed by atoms with Crippen LogP contribution in [0.25, 0.3) is 0 Å². The first-order valence-electron chi connectivity index (χ1n) is 6.78. The molecular formula is C16H20FNOS. The predicted octanol–water partition coefficient (Wildman–Crippen LogP) is 4.31. The monoisotopic (exact) mass is 293 g/mol. The van der Waals surface area contributed by atoms with Crippen molar-refractivity contribution in [2.45, 2.75) is 32.9 Å². The van der Waals surface area contributed by atoms with E-state index in [1.165, 1.54) is 22.9 Å². The summed E-state index contributed by atoms with van der Waals surface area (Å²) in [5.74, 6) is 0.314. The minimum absolute atomic E-state index is 0.0342. The summed E-state index contributed by atoms with van der Waals surface area (Å²) in [5, 5.41) is 3.36. The van der Waals surface area contributed by atoms with E-state index in [1.807, 2.05) is 6.92 Å². The van der Waals surface area contributed by atoms with Crippen LogP contribution in [0.15, 0.2) is 30.3 Å². The molecule has 0 aliphatic carbocycles. The van der Waals surface area contributed by atoms with E-state index >= 15 is 0 Å². The minimum atomic E-state index is -0.232. The van der Waals surface area contributed by atoms with Gasteiger partial charge in [0.25, 0.3) is 0 Å². The molecule has 0 aliphatic heterocycles. The van der Waals surface area contributed by atoms with E-state index in [-0.39, 0.29) is 11.9 Å². The molecule has 1 aromatic heterocycles. The standard InChI is InChI=1S/C16H20FNOS/c1-4-13-6-7-14(20-13)10-18-11(2)15-8-5-12(19-3)9-16(15)17/h5-9,11,18H,4,10H2,1-3H3. The van der Waals surface area contributed by atoms with Crippen molar-refractivity contribution in [2.24, 2.45) is 0 Å². The van der Waals surface area contributed by atoms with Gasteiger partial charge < -0.3 is 10.1 Å². The van der Waals surface area contributed by atoms with Crippen molar-refractivity contribution in [3.05, 3.63) is 51.5 Å². The van der Waals surface area contributed by atoms with E-state index in [2.05, 4.69) is 24.4 Å². The molecule has 1 N–H and O–H groups in total. The Hall–Kier alpha value is -1.39. The van der Waals surface area contributed by atoms with Crippen molar-refractivity contribution >= 4 is 11.3 Å². The van der Waals surface area contributed by atoms with Crippen LogP contribution in [0.2, 0.25) is 0 Å². The summed E-state index contributed by atoms with van der Waals surface area (Å²) in [6.07, 6.45) is 1.06. The van der Waals surface area contributed by atoms with Crippen LogP contribution in [0.5, 0.6) is 5.75 Å². The molecule has 1 heterocycles. The van der Waals surface area contributed by atoms with Crippen LogP contribution in [0, 0.1) is 5.82 Å². The average molecular weight is 293 g/mol. The number of hydrogen-bond acceptors (Lipinski definition) is 3. The third-order valence-electron chi connectivity index (χ3n) is 3.32. The minimum Gasteiger partial charge on any atom is -0.497 e. The quantitative estimate of drug-likeness (QED) is 0.857. The van der Waals surface area contributed by atoms with Crippen LogP contribution in [0.1, 0.15) is 35.2 Å². The van der Waals surface area contributed by atoms with E-state index in [0.717, 1.165) is 13.0 Å². The van der Waals surface area contributed by atoms with Gasteiger partial charge in [0.05, 0.1) is 7.11 Å². The Morgan fingerprint density at radius 1 is 1.25 bits per heavy atom. The Morgan fingerprint density at radius 2 is 2.00 bits per heavy atom. The van der Waals surface area contributed by atoms with Crippen molar-refractivity contribution in [1.82, 2.24) is 5.32 Å². The maximum Gasteiger partial charge on any atom is 0.131 e. The van der Waals surface area contributed by atoms with Gasteiger partial charge in [0, 0.05) is 34.0 Å². The number of rotatable bonds is 6. The Labute approximate surface area is 123 Å². The fourth-order valence-electron chi connectivity index (χ4n) is 2.06. The molecule has 4 heteroatoms. The Balaban J connectivity index is 1.99. The second kappa shape index (κ2) is 6.86. The molecule has 0 saturated carbocycles. The van der Waals surface area contributed by atoms with Crippen molar-refractivity contribution in [1.29, 1.82) is 0 Å². The molecule has 0 radical (unpaired) electrons. The van der Waals surface area contributed by atoms with Gasteiger partial charge in [0.15, 0.2) is 0 Å². The van der Waals surface area contributed by atoms with Gasteiger partial charge >= 0.3 is 0 Å². The Morgan fingerprint density at radius 3 is 2.60 bits per heavy atom. The molecular weight excluding hydrogens is 273 g/mol. The molecule has 2 aromatic rings. The zero-order valence-electron chi connectivity index (χ0n) is 12.1. The normalized spacial score (nSPS) is 12.4. The highest BCUT2D eigenvalue weighted by Gasteiger charge is 2.11. The smallest absolute Gasteiger partial charge is 0.131 e. The summed E-state index contributed by atoms with van der Waals surface area (Å²) in [4.78, 5) is 2.66. The van der Waals surface area contributed by atoms with Gasteiger partial charge in [0.2, 0.25) is 0 Å². The van der Waals surface area contributed by atoms with Crippen molar-refractivity contribution in [2.75, 3.05) is 7.11 Å². The second-order valence-electron chi connectivity index (χ2n) is 4.71. The molecule has 1 aromatic carbocycles. The highest BCUT2D eigenvalue weighted by atomic mass is 32.1. The molecule has 0 saturated heterocycles. The van der Waals surface area contributed by atoms with Crippen LogP contribution in [-0.4, -0.2) is 7.11 Å². The first-order chi connectivity index (χ1) is 9.63. The average Bonchev–Trinajstić information content (AvgIpc) is 2.92. The van der Waals surface area contributed by atoms with E-state index in [4.69, 9.17) is 4.74 Å². The second-order valence-corrected chi connectivity index (χ2v) is 5.96. The van der Waals surface area contributed by atoms with Crippen LogP contribution in [0.3, 0.4) is 0 Å². The zero-order valence-corrected chi connectivity index (χ0v) is 12.9. The largest absolute Gasteiger partial charge is 0.497 e. The number of aryl methyl sites for hydroxylation is 1. The van der Waals surface area contributed by atoms with Crippen molar-refractivity contribution < 1.29 is 9.13 Å². The van der Waals surface area contributed by atoms with Crippen LogP contribution < -0.4 is 10.1 Å². The van der Waals surface area contributed by atoms with E-state index in [0.29, 0.717) is 11.3 Å². The lowest BCUT2D eigenvalue weighted by atomic mass is 10.1. The summed E-state index contributed by atoms with van der Waals surface area (Å²) in [6, 6.07) is 9.24. The van der Waals surface area contributed by atoms with Gasteiger partial charge in [0.1, 0.15) is 11.6 Å². The van der Waals surface area contributed by atoms with Crippen molar-refractivity contribution in [3.63, 3.8) is 0 Å². The lowest BCUT2D eigenvalue weighted by Crippen LogP contribution is -2.18.